The van der Waals surface area contributed by atoms with E-state index < -0.39 is 21.9 Å². The molecule has 0 spiro atoms. The van der Waals surface area contributed by atoms with Crippen LogP contribution in [0.4, 0.5) is 5.69 Å². The Kier molecular flexibility index (Phi) is 3.20. The van der Waals surface area contributed by atoms with Gasteiger partial charge >= 0.3 is 16.9 Å². The molecule has 0 saturated carbocycles. The summed E-state index contributed by atoms with van der Waals surface area (Å²) in [5, 5.41) is 12.6. The van der Waals surface area contributed by atoms with E-state index in [1.807, 2.05) is 16.4 Å². The molecule has 2 aromatic heterocycles. The molecule has 0 aliphatic rings. The molecule has 92 valence electrons. The highest BCUT2D eigenvalue weighted by atomic mass is 32.1. The first kappa shape index (κ1) is 12.0. The fourth-order valence-electron chi connectivity index (χ4n) is 1.35. The van der Waals surface area contributed by atoms with Crippen molar-refractivity contribution in [3.05, 3.63) is 59.0 Å². The lowest BCUT2D eigenvalue weighted by atomic mass is 10.3. The molecule has 0 fully saturated rings. The van der Waals surface area contributed by atoms with Crippen molar-refractivity contribution in [2.24, 2.45) is 0 Å². The van der Waals surface area contributed by atoms with Crippen molar-refractivity contribution in [2.75, 3.05) is 0 Å². The third-order valence-corrected chi connectivity index (χ3v) is 2.92. The van der Waals surface area contributed by atoms with Crippen molar-refractivity contribution in [2.45, 2.75) is 0 Å². The van der Waals surface area contributed by atoms with Gasteiger partial charge in [-0.2, -0.15) is 0 Å². The number of nitrogens with zero attached hydrogens (tertiary/aromatic N) is 1. The number of nitrogens with one attached hydrogen (secondary N) is 2. The average molecular weight is 265 g/mol. The smallest absolute Gasteiger partial charge is 0.301 e. The molecule has 2 N–H and O–H groups in total. The largest absolute Gasteiger partial charge is 0.357 e. The van der Waals surface area contributed by atoms with E-state index in [2.05, 4.69) is 4.98 Å². The molecule has 0 atom stereocenters. The van der Waals surface area contributed by atoms with Gasteiger partial charge in [-0.1, -0.05) is 6.07 Å². The predicted octanol–water partition coefficient (Wildman–Crippen LogP) is 1.20. The van der Waals surface area contributed by atoms with Crippen LogP contribution in [0, 0.1) is 10.1 Å². The third kappa shape index (κ3) is 2.43. The molecular weight excluding hydrogens is 258 g/mol. The van der Waals surface area contributed by atoms with Crippen LogP contribution in [0.1, 0.15) is 10.6 Å². The maximum Gasteiger partial charge on any atom is 0.357 e. The van der Waals surface area contributed by atoms with Gasteiger partial charge in [-0.15, -0.1) is 11.3 Å². The standard InChI is InChI=1S/C10H7N3O4S/c14-9-8(13(16)17)7(11-10(15)12-9)4-3-6-2-1-5-18-6/h1-5H,(H2,11,12,14,15). The second-order valence-corrected chi connectivity index (χ2v) is 4.26. The SMILES string of the molecule is O=c1[nH]c(C=Cc2cccs2)c([N+](=O)[O-])c(=O)[nH]1. The number of H-pyrrole nitrogens is 2. The van der Waals surface area contributed by atoms with Gasteiger partial charge in [0.25, 0.3) is 0 Å². The molecule has 18 heavy (non-hydrogen) atoms. The van der Waals surface area contributed by atoms with Gasteiger partial charge in [-0.25, -0.2) is 4.79 Å². The molecule has 2 rings (SSSR count). The summed E-state index contributed by atoms with van der Waals surface area (Å²) in [5.41, 5.74) is -2.60. The highest BCUT2D eigenvalue weighted by Gasteiger charge is 2.18. The van der Waals surface area contributed by atoms with Gasteiger partial charge in [0.05, 0.1) is 4.92 Å². The zero-order valence-corrected chi connectivity index (χ0v) is 9.69. The van der Waals surface area contributed by atoms with Crippen LogP contribution in [0.2, 0.25) is 0 Å². The van der Waals surface area contributed by atoms with Gasteiger partial charge < -0.3 is 4.98 Å². The molecule has 0 unspecified atom stereocenters. The maximum absolute atomic E-state index is 11.3. The van der Waals surface area contributed by atoms with Crippen LogP contribution in [-0.4, -0.2) is 14.9 Å². The van der Waals surface area contributed by atoms with E-state index in [0.717, 1.165) is 4.88 Å². The minimum absolute atomic E-state index is 0.123. The van der Waals surface area contributed by atoms with Crippen molar-refractivity contribution in [1.29, 1.82) is 0 Å². The second-order valence-electron chi connectivity index (χ2n) is 3.28. The number of aromatic amines is 2. The Bertz CT molecular complexity index is 711. The van der Waals surface area contributed by atoms with E-state index in [9.17, 15) is 19.7 Å². The van der Waals surface area contributed by atoms with Crippen LogP contribution in [0.15, 0.2) is 27.1 Å². The molecule has 2 heterocycles. The molecule has 0 aliphatic heterocycles. The summed E-state index contributed by atoms with van der Waals surface area (Å²) in [6.07, 6.45) is 2.92. The van der Waals surface area contributed by atoms with Crippen molar-refractivity contribution in [3.8, 4) is 0 Å². The number of hydrogen-bond acceptors (Lipinski definition) is 5. The van der Waals surface area contributed by atoms with E-state index in [1.165, 1.54) is 17.4 Å². The first-order valence-corrected chi connectivity index (χ1v) is 5.68. The predicted molar refractivity (Wildman–Crippen MR) is 67.6 cm³/mol. The van der Waals surface area contributed by atoms with Crippen molar-refractivity contribution >= 4 is 29.2 Å². The Morgan fingerprint density at radius 2 is 2.06 bits per heavy atom. The van der Waals surface area contributed by atoms with Gasteiger partial charge in [-0.05, 0) is 23.6 Å². The van der Waals surface area contributed by atoms with Crippen LogP contribution < -0.4 is 11.2 Å². The molecule has 0 radical (unpaired) electrons. The van der Waals surface area contributed by atoms with Crippen LogP contribution in [0.5, 0.6) is 0 Å². The van der Waals surface area contributed by atoms with E-state index in [0.29, 0.717) is 0 Å². The van der Waals surface area contributed by atoms with Gasteiger partial charge in [0.15, 0.2) is 0 Å². The number of hydrogen-bond donors (Lipinski definition) is 2. The Labute approximate surface area is 104 Å². The third-order valence-electron chi connectivity index (χ3n) is 2.09. The van der Waals surface area contributed by atoms with Gasteiger partial charge in [0.2, 0.25) is 0 Å². The highest BCUT2D eigenvalue weighted by Crippen LogP contribution is 2.15. The average Bonchev–Trinajstić information content (AvgIpc) is 2.77. The lowest BCUT2D eigenvalue weighted by molar-refractivity contribution is -0.386. The van der Waals surface area contributed by atoms with Crippen LogP contribution in [-0.2, 0) is 0 Å². The lowest BCUT2D eigenvalue weighted by Crippen LogP contribution is -2.25. The Morgan fingerprint density at radius 3 is 2.67 bits per heavy atom. The van der Waals surface area contributed by atoms with Crippen LogP contribution in [0.25, 0.3) is 12.2 Å². The van der Waals surface area contributed by atoms with Gasteiger partial charge in [-0.3, -0.25) is 19.9 Å². The van der Waals surface area contributed by atoms with E-state index in [1.54, 1.807) is 12.1 Å². The normalized spacial score (nSPS) is 10.9. The first-order valence-electron chi connectivity index (χ1n) is 4.80. The van der Waals surface area contributed by atoms with E-state index in [-0.39, 0.29) is 5.69 Å². The fourth-order valence-corrected chi connectivity index (χ4v) is 1.97. The molecule has 0 aliphatic carbocycles. The summed E-state index contributed by atoms with van der Waals surface area (Å²) >= 11 is 1.43. The summed E-state index contributed by atoms with van der Waals surface area (Å²) in [6.45, 7) is 0. The number of rotatable bonds is 3. The summed E-state index contributed by atoms with van der Waals surface area (Å²) in [5.74, 6) is 0. The number of nitro groups is 1. The molecule has 2 aromatic rings. The summed E-state index contributed by atoms with van der Waals surface area (Å²) in [6, 6.07) is 3.62. The Hall–Kier alpha value is -2.48. The number of thiophene rings is 1. The van der Waals surface area contributed by atoms with Crippen molar-refractivity contribution < 1.29 is 4.92 Å². The van der Waals surface area contributed by atoms with Gasteiger partial charge in [0.1, 0.15) is 5.69 Å². The zero-order chi connectivity index (χ0) is 13.1. The molecule has 0 aromatic carbocycles. The Balaban J connectivity index is 2.53. The molecule has 7 nitrogen and oxygen atoms in total. The maximum atomic E-state index is 11.3. The van der Waals surface area contributed by atoms with Crippen molar-refractivity contribution in [1.82, 2.24) is 9.97 Å². The molecular formula is C10H7N3O4S. The molecule has 0 bridgehead atoms. The molecule has 8 heteroatoms. The minimum Gasteiger partial charge on any atom is -0.301 e. The number of aromatic nitrogens is 2. The van der Waals surface area contributed by atoms with Gasteiger partial charge in [0, 0.05) is 4.88 Å². The summed E-state index contributed by atoms with van der Waals surface area (Å²) in [4.78, 5) is 37.2. The Morgan fingerprint density at radius 1 is 1.28 bits per heavy atom. The van der Waals surface area contributed by atoms with Crippen molar-refractivity contribution in [3.63, 3.8) is 0 Å². The zero-order valence-electron chi connectivity index (χ0n) is 8.88. The summed E-state index contributed by atoms with van der Waals surface area (Å²) in [7, 11) is 0. The fraction of sp³-hybridized carbons (Fsp3) is 0. The second kappa shape index (κ2) is 4.80. The van der Waals surface area contributed by atoms with Crippen LogP contribution in [0.3, 0.4) is 0 Å². The monoisotopic (exact) mass is 265 g/mol. The highest BCUT2D eigenvalue weighted by molar-refractivity contribution is 7.10. The topological polar surface area (TPSA) is 109 Å². The quantitative estimate of drug-likeness (QED) is 0.642. The first-order chi connectivity index (χ1) is 8.58. The van der Waals surface area contributed by atoms with Crippen LogP contribution >= 0.6 is 11.3 Å². The lowest BCUT2D eigenvalue weighted by Gasteiger charge is -1.95. The molecule has 0 amide bonds. The van der Waals surface area contributed by atoms with E-state index in [4.69, 9.17) is 0 Å². The van der Waals surface area contributed by atoms with E-state index >= 15 is 0 Å². The minimum atomic E-state index is -1.02. The molecule has 0 saturated heterocycles. The summed E-state index contributed by atoms with van der Waals surface area (Å²) < 4.78 is 0.